The number of thiocarbonyl (C=S) groups is 1. The Hall–Kier alpha value is -0.970. The van der Waals surface area contributed by atoms with Crippen LogP contribution in [0.15, 0.2) is 0 Å². The van der Waals surface area contributed by atoms with Gasteiger partial charge in [0.1, 0.15) is 10.7 Å². The Balaban J connectivity index is 2.05. The SMILES string of the molecule is Cc1c(C(N)=S)nnn1CCC1CC1. The zero-order valence-corrected chi connectivity index (χ0v) is 9.05. The molecule has 14 heavy (non-hydrogen) atoms. The molecule has 4 nitrogen and oxygen atoms in total. The van der Waals surface area contributed by atoms with Gasteiger partial charge in [-0.3, -0.25) is 0 Å². The molecule has 76 valence electrons. The lowest BCUT2D eigenvalue weighted by molar-refractivity contribution is 0.521. The van der Waals surface area contributed by atoms with Crippen molar-refractivity contribution in [3.8, 4) is 0 Å². The first-order valence-electron chi connectivity index (χ1n) is 4.88. The average Bonchev–Trinajstić information content (AvgIpc) is 2.87. The molecule has 0 bridgehead atoms. The third kappa shape index (κ3) is 1.92. The Morgan fingerprint density at radius 1 is 1.64 bits per heavy atom. The van der Waals surface area contributed by atoms with Gasteiger partial charge in [-0.15, -0.1) is 5.10 Å². The molecule has 0 amide bonds. The van der Waals surface area contributed by atoms with E-state index in [1.54, 1.807) is 0 Å². The maximum Gasteiger partial charge on any atom is 0.142 e. The molecule has 0 aliphatic heterocycles. The first-order valence-corrected chi connectivity index (χ1v) is 5.29. The van der Waals surface area contributed by atoms with Crippen molar-refractivity contribution >= 4 is 17.2 Å². The quantitative estimate of drug-likeness (QED) is 0.754. The molecule has 1 aliphatic rings. The molecule has 0 atom stereocenters. The molecule has 1 saturated carbocycles. The second kappa shape index (κ2) is 3.65. The molecular weight excluding hydrogens is 196 g/mol. The van der Waals surface area contributed by atoms with Gasteiger partial charge >= 0.3 is 0 Å². The van der Waals surface area contributed by atoms with Crippen LogP contribution in [0.2, 0.25) is 0 Å². The number of nitrogens with two attached hydrogens (primary N) is 1. The Morgan fingerprint density at radius 3 is 2.86 bits per heavy atom. The minimum atomic E-state index is 0.333. The zero-order chi connectivity index (χ0) is 10.1. The monoisotopic (exact) mass is 210 g/mol. The molecule has 0 aromatic carbocycles. The van der Waals surface area contributed by atoms with Gasteiger partial charge in [0.25, 0.3) is 0 Å². The maximum absolute atomic E-state index is 5.51. The van der Waals surface area contributed by atoms with E-state index in [4.69, 9.17) is 18.0 Å². The van der Waals surface area contributed by atoms with E-state index in [1.807, 2.05) is 11.6 Å². The fourth-order valence-electron chi connectivity index (χ4n) is 1.51. The van der Waals surface area contributed by atoms with Crippen LogP contribution in [0, 0.1) is 12.8 Å². The molecule has 2 N–H and O–H groups in total. The van der Waals surface area contributed by atoms with Crippen molar-refractivity contribution in [1.29, 1.82) is 0 Å². The van der Waals surface area contributed by atoms with Crippen molar-refractivity contribution in [3.05, 3.63) is 11.4 Å². The van der Waals surface area contributed by atoms with Crippen LogP contribution in [-0.2, 0) is 6.54 Å². The van der Waals surface area contributed by atoms with Crippen LogP contribution in [0.4, 0.5) is 0 Å². The number of aromatic nitrogens is 3. The summed E-state index contributed by atoms with van der Waals surface area (Å²) in [6.45, 7) is 2.90. The summed E-state index contributed by atoms with van der Waals surface area (Å²) in [4.78, 5) is 0.333. The summed E-state index contributed by atoms with van der Waals surface area (Å²) in [6.07, 6.45) is 3.94. The zero-order valence-electron chi connectivity index (χ0n) is 8.23. The number of hydrogen-bond donors (Lipinski definition) is 1. The highest BCUT2D eigenvalue weighted by atomic mass is 32.1. The molecule has 1 fully saturated rings. The van der Waals surface area contributed by atoms with Gasteiger partial charge in [0.2, 0.25) is 0 Å². The summed E-state index contributed by atoms with van der Waals surface area (Å²) in [6, 6.07) is 0. The lowest BCUT2D eigenvalue weighted by Crippen LogP contribution is -2.12. The fourth-order valence-corrected chi connectivity index (χ4v) is 1.70. The van der Waals surface area contributed by atoms with Gasteiger partial charge in [0, 0.05) is 6.54 Å². The third-order valence-corrected chi connectivity index (χ3v) is 2.86. The molecule has 2 rings (SSSR count). The summed E-state index contributed by atoms with van der Waals surface area (Å²) < 4.78 is 1.90. The molecule has 1 aromatic heterocycles. The summed E-state index contributed by atoms with van der Waals surface area (Å²) in [5.74, 6) is 0.909. The van der Waals surface area contributed by atoms with E-state index in [2.05, 4.69) is 10.3 Å². The smallest absolute Gasteiger partial charge is 0.142 e. The molecule has 5 heteroatoms. The van der Waals surface area contributed by atoms with Gasteiger partial charge < -0.3 is 5.73 Å². The standard InChI is InChI=1S/C9H14N4S/c1-6-8(9(10)14)11-12-13(6)5-4-7-2-3-7/h7H,2-5H2,1H3,(H2,10,14). The van der Waals surface area contributed by atoms with Gasteiger partial charge in [-0.2, -0.15) is 0 Å². The highest BCUT2D eigenvalue weighted by molar-refractivity contribution is 7.80. The summed E-state index contributed by atoms with van der Waals surface area (Å²) in [5, 5.41) is 8.00. The summed E-state index contributed by atoms with van der Waals surface area (Å²) >= 11 is 4.87. The first kappa shape index (κ1) is 9.58. The molecule has 1 aliphatic carbocycles. The van der Waals surface area contributed by atoms with Gasteiger partial charge in [-0.05, 0) is 19.3 Å². The molecule has 1 heterocycles. The van der Waals surface area contributed by atoms with Crippen molar-refractivity contribution in [1.82, 2.24) is 15.0 Å². The van der Waals surface area contributed by atoms with Crippen LogP contribution < -0.4 is 5.73 Å². The van der Waals surface area contributed by atoms with E-state index in [0.717, 1.165) is 18.2 Å². The fraction of sp³-hybridized carbons (Fsp3) is 0.667. The van der Waals surface area contributed by atoms with E-state index in [9.17, 15) is 0 Å². The minimum absolute atomic E-state index is 0.333. The molecule has 0 unspecified atom stereocenters. The normalized spacial score (nSPS) is 15.8. The molecule has 0 radical (unpaired) electrons. The molecule has 0 saturated heterocycles. The summed E-state index contributed by atoms with van der Waals surface area (Å²) in [5.41, 5.74) is 7.16. The predicted octanol–water partition coefficient (Wildman–Crippen LogP) is 1.02. The molecular formula is C9H14N4S. The second-order valence-corrected chi connectivity index (χ2v) is 4.28. The number of nitrogens with zero attached hydrogens (tertiary/aromatic N) is 3. The van der Waals surface area contributed by atoms with Crippen LogP contribution >= 0.6 is 12.2 Å². The Labute approximate surface area is 88.5 Å². The largest absolute Gasteiger partial charge is 0.388 e. The van der Waals surface area contributed by atoms with Crippen molar-refractivity contribution < 1.29 is 0 Å². The lowest BCUT2D eigenvalue weighted by Gasteiger charge is -2.01. The maximum atomic E-state index is 5.51. The van der Waals surface area contributed by atoms with Crippen LogP contribution in [0.5, 0.6) is 0 Å². The lowest BCUT2D eigenvalue weighted by atomic mass is 10.3. The van der Waals surface area contributed by atoms with Crippen LogP contribution in [-0.4, -0.2) is 20.0 Å². The predicted molar refractivity (Wildman–Crippen MR) is 58.0 cm³/mol. The topological polar surface area (TPSA) is 56.7 Å². The van der Waals surface area contributed by atoms with Gasteiger partial charge in [-0.1, -0.05) is 30.3 Å². The van der Waals surface area contributed by atoms with E-state index in [1.165, 1.54) is 19.3 Å². The average molecular weight is 210 g/mol. The highest BCUT2D eigenvalue weighted by Crippen LogP contribution is 2.32. The number of rotatable bonds is 4. The van der Waals surface area contributed by atoms with Crippen molar-refractivity contribution in [3.63, 3.8) is 0 Å². The van der Waals surface area contributed by atoms with Gasteiger partial charge in [0.15, 0.2) is 0 Å². The van der Waals surface area contributed by atoms with Gasteiger partial charge in [0.05, 0.1) is 5.69 Å². The van der Waals surface area contributed by atoms with Crippen molar-refractivity contribution in [2.45, 2.75) is 32.7 Å². The minimum Gasteiger partial charge on any atom is -0.388 e. The highest BCUT2D eigenvalue weighted by Gasteiger charge is 2.21. The number of aryl methyl sites for hydroxylation is 1. The Morgan fingerprint density at radius 2 is 2.36 bits per heavy atom. The van der Waals surface area contributed by atoms with E-state index < -0.39 is 0 Å². The van der Waals surface area contributed by atoms with E-state index in [-0.39, 0.29) is 0 Å². The Bertz CT molecular complexity index is 354. The van der Waals surface area contributed by atoms with E-state index in [0.29, 0.717) is 10.7 Å². The third-order valence-electron chi connectivity index (χ3n) is 2.66. The molecule has 1 aromatic rings. The number of hydrogen-bond acceptors (Lipinski definition) is 3. The first-order chi connectivity index (χ1) is 6.68. The van der Waals surface area contributed by atoms with Gasteiger partial charge in [-0.25, -0.2) is 4.68 Å². The van der Waals surface area contributed by atoms with Crippen molar-refractivity contribution in [2.24, 2.45) is 11.7 Å². The second-order valence-electron chi connectivity index (χ2n) is 3.84. The van der Waals surface area contributed by atoms with Crippen LogP contribution in [0.3, 0.4) is 0 Å². The Kier molecular flexibility index (Phi) is 2.50. The van der Waals surface area contributed by atoms with E-state index >= 15 is 0 Å². The van der Waals surface area contributed by atoms with Crippen LogP contribution in [0.25, 0.3) is 0 Å². The van der Waals surface area contributed by atoms with Crippen LogP contribution in [0.1, 0.15) is 30.7 Å². The summed E-state index contributed by atoms with van der Waals surface area (Å²) in [7, 11) is 0. The molecule has 0 spiro atoms. The van der Waals surface area contributed by atoms with Crippen molar-refractivity contribution in [2.75, 3.05) is 0 Å².